The number of carbonyl (C=O) groups excluding carboxylic acids is 1. The highest BCUT2D eigenvalue weighted by Crippen LogP contribution is 2.24. The van der Waals surface area contributed by atoms with Crippen molar-refractivity contribution in [3.05, 3.63) is 16.1 Å². The van der Waals surface area contributed by atoms with E-state index in [1.807, 2.05) is 34.6 Å². The van der Waals surface area contributed by atoms with E-state index < -0.39 is 27.8 Å². The van der Waals surface area contributed by atoms with Gasteiger partial charge in [0.25, 0.3) is 0 Å². The fourth-order valence-electron chi connectivity index (χ4n) is 1.65. The van der Waals surface area contributed by atoms with E-state index in [9.17, 15) is 14.1 Å². The molecule has 24 heavy (non-hydrogen) atoms. The van der Waals surface area contributed by atoms with E-state index in [1.165, 1.54) is 11.3 Å². The second kappa shape index (κ2) is 8.82. The van der Waals surface area contributed by atoms with Crippen molar-refractivity contribution in [1.29, 1.82) is 0 Å². The average Bonchev–Trinajstić information content (AvgIpc) is 2.95. The molecule has 1 N–H and O–H groups in total. The van der Waals surface area contributed by atoms with E-state index in [-0.39, 0.29) is 24.6 Å². The van der Waals surface area contributed by atoms with Crippen LogP contribution in [0.5, 0.6) is 0 Å². The second-order valence-corrected chi connectivity index (χ2v) is 9.41. The lowest BCUT2D eigenvalue weighted by atomic mass is 10.0. The number of ether oxygens (including phenoxy) is 1. The molecule has 1 rings (SSSR count). The van der Waals surface area contributed by atoms with Crippen molar-refractivity contribution in [2.24, 2.45) is 10.3 Å². The lowest BCUT2D eigenvalue weighted by Crippen LogP contribution is -2.23. The highest BCUT2D eigenvalue weighted by Gasteiger charge is 2.23. The van der Waals surface area contributed by atoms with Crippen LogP contribution in [-0.2, 0) is 15.7 Å². The smallest absolute Gasteiger partial charge is 0.357 e. The molecule has 0 aliphatic carbocycles. The molecule has 0 radical (unpaired) electrons. The number of aliphatic hydroxyl groups excluding tert-OH is 1. The van der Waals surface area contributed by atoms with Gasteiger partial charge in [0.15, 0.2) is 5.69 Å². The summed E-state index contributed by atoms with van der Waals surface area (Å²) in [4.78, 5) is 15.8. The van der Waals surface area contributed by atoms with Crippen molar-refractivity contribution in [2.45, 2.75) is 58.8 Å². The molecule has 0 amide bonds. The lowest BCUT2D eigenvalue weighted by molar-refractivity contribution is 0.0519. The third kappa shape index (κ3) is 6.07. The number of hydrogen-bond acceptors (Lipinski definition) is 6. The standard InChI is InChI=1S/C16H26N2O4S2/c1-7-22-15(20)12-9-23-14(17-12)13(19)8-11(10(2)3)18-24(21)16(4,5)6/h9-10,13,19H,7-8H2,1-6H3/t13?,24-/m1/s1. The highest BCUT2D eigenvalue weighted by atomic mass is 32.2. The Bertz CT molecular complexity index is 618. The summed E-state index contributed by atoms with van der Waals surface area (Å²) >= 11 is 1.20. The van der Waals surface area contributed by atoms with Crippen LogP contribution in [0.15, 0.2) is 9.78 Å². The number of esters is 1. The third-order valence-corrected chi connectivity index (χ3v) is 5.48. The first kappa shape index (κ1) is 20.9. The molecule has 0 saturated heterocycles. The molecule has 0 aromatic carbocycles. The van der Waals surface area contributed by atoms with E-state index in [4.69, 9.17) is 4.74 Å². The number of nitrogens with zero attached hydrogens (tertiary/aromatic N) is 2. The molecule has 6 nitrogen and oxygen atoms in total. The molecule has 136 valence electrons. The van der Waals surface area contributed by atoms with Gasteiger partial charge in [0, 0.05) is 17.5 Å². The molecule has 0 aliphatic heterocycles. The summed E-state index contributed by atoms with van der Waals surface area (Å²) < 4.78 is 21.0. The summed E-state index contributed by atoms with van der Waals surface area (Å²) in [7, 11) is -1.38. The Kier molecular flexibility index (Phi) is 7.69. The van der Waals surface area contributed by atoms with E-state index in [2.05, 4.69) is 9.38 Å². The minimum atomic E-state index is -1.38. The molecule has 0 aliphatic rings. The second-order valence-electron chi connectivity index (χ2n) is 6.61. The zero-order valence-corrected chi connectivity index (χ0v) is 16.7. The van der Waals surface area contributed by atoms with Gasteiger partial charge in [-0.15, -0.1) is 11.3 Å². The largest absolute Gasteiger partial charge is 0.461 e. The van der Waals surface area contributed by atoms with Crippen molar-refractivity contribution < 1.29 is 18.8 Å². The van der Waals surface area contributed by atoms with Gasteiger partial charge in [0.2, 0.25) is 0 Å². The van der Waals surface area contributed by atoms with Gasteiger partial charge in [0.05, 0.1) is 11.4 Å². The third-order valence-electron chi connectivity index (χ3n) is 3.08. The van der Waals surface area contributed by atoms with Crippen molar-refractivity contribution in [3.63, 3.8) is 0 Å². The van der Waals surface area contributed by atoms with Crippen LogP contribution in [0.25, 0.3) is 0 Å². The summed E-state index contributed by atoms with van der Waals surface area (Å²) in [6, 6.07) is 0. The fraction of sp³-hybridized carbons (Fsp3) is 0.688. The Morgan fingerprint density at radius 3 is 2.58 bits per heavy atom. The van der Waals surface area contributed by atoms with Gasteiger partial charge in [-0.2, -0.15) is 4.40 Å². The van der Waals surface area contributed by atoms with Gasteiger partial charge in [-0.25, -0.2) is 14.0 Å². The predicted molar refractivity (Wildman–Crippen MR) is 97.8 cm³/mol. The monoisotopic (exact) mass is 374 g/mol. The first-order chi connectivity index (χ1) is 11.1. The zero-order valence-electron chi connectivity index (χ0n) is 15.0. The molecular formula is C16H26N2O4S2. The van der Waals surface area contributed by atoms with Crippen molar-refractivity contribution in [3.8, 4) is 0 Å². The van der Waals surface area contributed by atoms with Crippen LogP contribution >= 0.6 is 11.3 Å². The van der Waals surface area contributed by atoms with E-state index in [0.717, 1.165) is 0 Å². The van der Waals surface area contributed by atoms with Gasteiger partial charge in [-0.3, -0.25) is 0 Å². The number of carbonyl (C=O) groups is 1. The summed E-state index contributed by atoms with van der Waals surface area (Å²) in [5, 5.41) is 12.4. The fourth-order valence-corrected chi connectivity index (χ4v) is 3.19. The quantitative estimate of drug-likeness (QED) is 0.584. The Balaban J connectivity index is 2.90. The molecule has 1 aromatic rings. The first-order valence-electron chi connectivity index (χ1n) is 7.86. The molecule has 0 bridgehead atoms. The van der Waals surface area contributed by atoms with Crippen LogP contribution in [-0.4, -0.2) is 37.3 Å². The minimum absolute atomic E-state index is 0.0513. The van der Waals surface area contributed by atoms with Gasteiger partial charge < -0.3 is 9.84 Å². The van der Waals surface area contributed by atoms with Gasteiger partial charge in [-0.1, -0.05) is 13.8 Å². The molecule has 1 heterocycles. The van der Waals surface area contributed by atoms with Gasteiger partial charge in [-0.05, 0) is 33.6 Å². The van der Waals surface area contributed by atoms with Crippen LogP contribution in [0.3, 0.4) is 0 Å². The minimum Gasteiger partial charge on any atom is -0.461 e. The number of aliphatic hydroxyl groups is 1. The van der Waals surface area contributed by atoms with E-state index >= 15 is 0 Å². The van der Waals surface area contributed by atoms with Crippen molar-refractivity contribution in [1.82, 2.24) is 4.98 Å². The summed E-state index contributed by atoms with van der Waals surface area (Å²) in [5.74, 6) is -0.450. The maximum absolute atomic E-state index is 12.2. The molecule has 0 spiro atoms. The molecule has 8 heteroatoms. The van der Waals surface area contributed by atoms with Crippen LogP contribution in [0, 0.1) is 5.92 Å². The number of thiazole rings is 1. The lowest BCUT2D eigenvalue weighted by Gasteiger charge is -2.18. The SMILES string of the molecule is CCOC(=O)c1csc(C(O)CC(=N[S@](=O)C(C)(C)C)C(C)C)n1. The van der Waals surface area contributed by atoms with Crippen LogP contribution < -0.4 is 0 Å². The number of rotatable bonds is 7. The maximum atomic E-state index is 12.2. The van der Waals surface area contributed by atoms with E-state index in [0.29, 0.717) is 10.7 Å². The van der Waals surface area contributed by atoms with Gasteiger partial charge in [0.1, 0.15) is 22.1 Å². The molecule has 1 aromatic heterocycles. The number of aromatic nitrogens is 1. The summed E-state index contributed by atoms with van der Waals surface area (Å²) in [5.41, 5.74) is 0.862. The Morgan fingerprint density at radius 2 is 2.08 bits per heavy atom. The summed E-state index contributed by atoms with van der Waals surface area (Å²) in [6.07, 6.45) is -0.661. The van der Waals surface area contributed by atoms with Gasteiger partial charge >= 0.3 is 5.97 Å². The summed E-state index contributed by atoms with van der Waals surface area (Å²) in [6.45, 7) is 11.4. The van der Waals surface area contributed by atoms with Crippen molar-refractivity contribution >= 4 is 34.0 Å². The maximum Gasteiger partial charge on any atom is 0.357 e. The van der Waals surface area contributed by atoms with E-state index in [1.54, 1.807) is 12.3 Å². The average molecular weight is 375 g/mol. The first-order valence-corrected chi connectivity index (χ1v) is 9.85. The van der Waals surface area contributed by atoms with Crippen LogP contribution in [0.4, 0.5) is 0 Å². The molecule has 2 atom stereocenters. The van der Waals surface area contributed by atoms with Crippen molar-refractivity contribution in [2.75, 3.05) is 6.61 Å². The number of hydrogen-bond donors (Lipinski definition) is 1. The highest BCUT2D eigenvalue weighted by molar-refractivity contribution is 7.85. The molecular weight excluding hydrogens is 348 g/mol. The molecule has 0 saturated carbocycles. The zero-order chi connectivity index (χ0) is 18.5. The normalized spacial score (nSPS) is 15.4. The topological polar surface area (TPSA) is 88.9 Å². The van der Waals surface area contributed by atoms with Crippen LogP contribution in [0.1, 0.15) is 69.6 Å². The van der Waals surface area contributed by atoms with Crippen LogP contribution in [0.2, 0.25) is 0 Å². The predicted octanol–water partition coefficient (Wildman–Crippen LogP) is 3.30. The Morgan fingerprint density at radius 1 is 1.46 bits per heavy atom. The molecule has 1 unspecified atom stereocenters. The Hall–Kier alpha value is -1.12. The Labute approximate surface area is 150 Å². The molecule has 0 fully saturated rings.